The molecule has 0 N–H and O–H groups in total. The summed E-state index contributed by atoms with van der Waals surface area (Å²) in [6, 6.07) is 4.76. The Morgan fingerprint density at radius 3 is 2.45 bits per heavy atom. The fourth-order valence-corrected chi connectivity index (χ4v) is 2.55. The molecule has 0 radical (unpaired) electrons. The molecule has 0 saturated carbocycles. The highest BCUT2D eigenvalue weighted by Crippen LogP contribution is 2.28. The summed E-state index contributed by atoms with van der Waals surface area (Å²) < 4.78 is 5.65. The molecule has 1 aromatic rings. The van der Waals surface area contributed by atoms with Gasteiger partial charge in [0.25, 0.3) is 5.69 Å². The minimum Gasteiger partial charge on any atom is -0.372 e. The number of ketones is 1. The summed E-state index contributed by atoms with van der Waals surface area (Å²) in [5.41, 5.74) is 0.763. The number of carbonyl (C=O) groups is 1. The van der Waals surface area contributed by atoms with Crippen molar-refractivity contribution in [2.45, 2.75) is 33.0 Å². The lowest BCUT2D eigenvalue weighted by atomic mass is 10.1. The van der Waals surface area contributed by atoms with E-state index in [0.29, 0.717) is 13.1 Å². The van der Waals surface area contributed by atoms with E-state index in [1.807, 2.05) is 13.8 Å². The molecule has 1 fully saturated rings. The second kappa shape index (κ2) is 5.58. The Morgan fingerprint density at radius 1 is 1.35 bits per heavy atom. The highest BCUT2D eigenvalue weighted by atomic mass is 16.6. The van der Waals surface area contributed by atoms with Gasteiger partial charge < -0.3 is 9.64 Å². The maximum Gasteiger partial charge on any atom is 0.282 e. The van der Waals surface area contributed by atoms with Crippen molar-refractivity contribution < 1.29 is 14.5 Å². The van der Waals surface area contributed by atoms with E-state index in [4.69, 9.17) is 4.74 Å². The number of hydrogen-bond donors (Lipinski definition) is 0. The number of Topliss-reactive ketones (excluding diaryl/α,β-unsaturated/α-hetero) is 1. The Kier molecular flexibility index (Phi) is 4.04. The Morgan fingerprint density at radius 2 is 1.95 bits per heavy atom. The predicted molar refractivity (Wildman–Crippen MR) is 75.3 cm³/mol. The van der Waals surface area contributed by atoms with Crippen molar-refractivity contribution in [3.05, 3.63) is 33.9 Å². The van der Waals surface area contributed by atoms with Crippen LogP contribution in [0.1, 0.15) is 31.1 Å². The van der Waals surface area contributed by atoms with Gasteiger partial charge in [-0.1, -0.05) is 0 Å². The second-order valence-corrected chi connectivity index (χ2v) is 5.18. The van der Waals surface area contributed by atoms with Crippen LogP contribution in [0.25, 0.3) is 0 Å². The first-order chi connectivity index (χ1) is 9.38. The second-order valence-electron chi connectivity index (χ2n) is 5.18. The molecule has 0 spiro atoms. The number of carbonyl (C=O) groups excluding carboxylic acids is 1. The molecule has 108 valence electrons. The molecule has 1 aromatic carbocycles. The van der Waals surface area contributed by atoms with E-state index in [-0.39, 0.29) is 29.2 Å². The van der Waals surface area contributed by atoms with Gasteiger partial charge in [0, 0.05) is 24.8 Å². The third-order valence-electron chi connectivity index (χ3n) is 3.34. The van der Waals surface area contributed by atoms with E-state index in [2.05, 4.69) is 4.90 Å². The topological polar surface area (TPSA) is 72.7 Å². The number of rotatable bonds is 3. The molecule has 0 bridgehead atoms. The van der Waals surface area contributed by atoms with Gasteiger partial charge in [-0.2, -0.15) is 0 Å². The fraction of sp³-hybridized carbons (Fsp3) is 0.500. The summed E-state index contributed by atoms with van der Waals surface area (Å²) in [4.78, 5) is 24.1. The maximum atomic E-state index is 11.4. The largest absolute Gasteiger partial charge is 0.372 e. The molecule has 1 aliphatic rings. The summed E-state index contributed by atoms with van der Waals surface area (Å²) >= 11 is 0. The number of nitro benzene ring substituents is 1. The van der Waals surface area contributed by atoms with E-state index in [0.717, 1.165) is 5.69 Å². The molecule has 20 heavy (non-hydrogen) atoms. The Hall–Kier alpha value is -1.95. The van der Waals surface area contributed by atoms with Crippen molar-refractivity contribution in [2.24, 2.45) is 0 Å². The average Bonchev–Trinajstić information content (AvgIpc) is 2.36. The fourth-order valence-electron chi connectivity index (χ4n) is 2.55. The summed E-state index contributed by atoms with van der Waals surface area (Å²) in [6.45, 7) is 6.64. The van der Waals surface area contributed by atoms with Gasteiger partial charge in [0.1, 0.15) is 0 Å². The highest BCUT2D eigenvalue weighted by Gasteiger charge is 2.25. The highest BCUT2D eigenvalue weighted by molar-refractivity contribution is 5.98. The summed E-state index contributed by atoms with van der Waals surface area (Å²) in [5.74, 6) is -0.299. The molecular weight excluding hydrogens is 260 g/mol. The van der Waals surface area contributed by atoms with Gasteiger partial charge in [-0.05, 0) is 32.9 Å². The minimum absolute atomic E-state index is 0.0743. The molecule has 2 rings (SSSR count). The zero-order chi connectivity index (χ0) is 14.9. The first-order valence-corrected chi connectivity index (χ1v) is 6.58. The SMILES string of the molecule is CC(=O)c1ccc(N2C[C@@H](C)O[C@@H](C)C2)cc1[N+](=O)[O-]. The molecule has 6 heteroatoms. The van der Waals surface area contributed by atoms with Crippen LogP contribution in [-0.2, 0) is 4.74 Å². The molecule has 0 aromatic heterocycles. The number of anilines is 1. The lowest BCUT2D eigenvalue weighted by Gasteiger charge is -2.36. The van der Waals surface area contributed by atoms with Crippen LogP contribution in [0, 0.1) is 10.1 Å². The van der Waals surface area contributed by atoms with Crippen LogP contribution in [0.5, 0.6) is 0 Å². The third kappa shape index (κ3) is 2.96. The molecule has 0 aliphatic carbocycles. The number of hydrogen-bond acceptors (Lipinski definition) is 5. The van der Waals surface area contributed by atoms with E-state index in [9.17, 15) is 14.9 Å². The van der Waals surface area contributed by atoms with Gasteiger partial charge >= 0.3 is 0 Å². The number of nitrogens with zero attached hydrogens (tertiary/aromatic N) is 2. The van der Waals surface area contributed by atoms with Crippen molar-refractivity contribution in [1.29, 1.82) is 0 Å². The zero-order valence-electron chi connectivity index (χ0n) is 11.8. The molecule has 1 aliphatic heterocycles. The van der Waals surface area contributed by atoms with Crippen molar-refractivity contribution in [2.75, 3.05) is 18.0 Å². The zero-order valence-corrected chi connectivity index (χ0v) is 11.8. The van der Waals surface area contributed by atoms with Gasteiger partial charge in [-0.15, -0.1) is 0 Å². The summed E-state index contributed by atoms with van der Waals surface area (Å²) in [5, 5.41) is 11.1. The number of ether oxygens (including phenoxy) is 1. The lowest BCUT2D eigenvalue weighted by Crippen LogP contribution is -2.45. The standard InChI is InChI=1S/C14H18N2O4/c1-9-7-15(8-10(2)20-9)12-4-5-13(11(3)17)14(6-12)16(18)19/h4-6,9-10H,7-8H2,1-3H3/t9-,10+. The Bertz CT molecular complexity index is 534. The maximum absolute atomic E-state index is 11.4. The van der Waals surface area contributed by atoms with Crippen LogP contribution >= 0.6 is 0 Å². The van der Waals surface area contributed by atoms with Crippen molar-refractivity contribution in [3.8, 4) is 0 Å². The van der Waals surface area contributed by atoms with Gasteiger partial charge in [-0.25, -0.2) is 0 Å². The van der Waals surface area contributed by atoms with Gasteiger partial charge in [0.2, 0.25) is 0 Å². The molecule has 0 unspecified atom stereocenters. The molecule has 0 amide bonds. The molecule has 2 atom stereocenters. The van der Waals surface area contributed by atoms with E-state index < -0.39 is 4.92 Å². The monoisotopic (exact) mass is 278 g/mol. The smallest absolute Gasteiger partial charge is 0.282 e. The van der Waals surface area contributed by atoms with E-state index >= 15 is 0 Å². The molecule has 1 saturated heterocycles. The summed E-state index contributed by atoms with van der Waals surface area (Å²) in [6.07, 6.45) is 0.149. The number of nitro groups is 1. The van der Waals surface area contributed by atoms with Gasteiger partial charge in [-0.3, -0.25) is 14.9 Å². The minimum atomic E-state index is -0.506. The van der Waals surface area contributed by atoms with Crippen LogP contribution < -0.4 is 4.90 Å². The van der Waals surface area contributed by atoms with E-state index in [1.165, 1.54) is 19.1 Å². The average molecular weight is 278 g/mol. The quantitative estimate of drug-likeness (QED) is 0.482. The Balaban J connectivity index is 2.36. The van der Waals surface area contributed by atoms with Crippen molar-refractivity contribution >= 4 is 17.2 Å². The van der Waals surface area contributed by atoms with Crippen LogP contribution in [0.2, 0.25) is 0 Å². The van der Waals surface area contributed by atoms with Crippen LogP contribution in [0.3, 0.4) is 0 Å². The van der Waals surface area contributed by atoms with Crippen LogP contribution in [0.15, 0.2) is 18.2 Å². The first kappa shape index (κ1) is 14.5. The van der Waals surface area contributed by atoms with Crippen molar-refractivity contribution in [3.63, 3.8) is 0 Å². The lowest BCUT2D eigenvalue weighted by molar-refractivity contribution is -0.385. The summed E-state index contributed by atoms with van der Waals surface area (Å²) in [7, 11) is 0. The molecular formula is C14H18N2O4. The van der Waals surface area contributed by atoms with Crippen LogP contribution in [-0.4, -0.2) is 36.0 Å². The van der Waals surface area contributed by atoms with Crippen LogP contribution in [0.4, 0.5) is 11.4 Å². The van der Waals surface area contributed by atoms with Gasteiger partial charge in [0.15, 0.2) is 5.78 Å². The third-order valence-corrected chi connectivity index (χ3v) is 3.34. The molecule has 6 nitrogen and oxygen atoms in total. The Labute approximate surface area is 117 Å². The van der Waals surface area contributed by atoms with Crippen molar-refractivity contribution in [1.82, 2.24) is 0 Å². The first-order valence-electron chi connectivity index (χ1n) is 6.58. The van der Waals surface area contributed by atoms with Gasteiger partial charge in [0.05, 0.1) is 22.7 Å². The number of benzene rings is 1. The molecule has 1 heterocycles. The predicted octanol–water partition coefficient (Wildman–Crippen LogP) is 2.41. The van der Waals surface area contributed by atoms with E-state index in [1.54, 1.807) is 6.07 Å². The number of morpholine rings is 1. The normalized spacial score (nSPS) is 22.6.